The van der Waals surface area contributed by atoms with Crippen molar-refractivity contribution in [1.29, 1.82) is 0 Å². The van der Waals surface area contributed by atoms with Gasteiger partial charge in [-0.05, 0) is 77.1 Å². The largest absolute Gasteiger partial charge is 0.384 e. The quantitative estimate of drug-likeness (QED) is 0.519. The number of hydrogen-bond acceptors (Lipinski definition) is 7. The third kappa shape index (κ3) is 6.24. The van der Waals surface area contributed by atoms with Crippen LogP contribution >= 0.6 is 11.8 Å². The molecule has 0 saturated heterocycles. The lowest BCUT2D eigenvalue weighted by Gasteiger charge is -2.30. The summed E-state index contributed by atoms with van der Waals surface area (Å²) in [7, 11) is -3.90. The summed E-state index contributed by atoms with van der Waals surface area (Å²) in [6.07, 6.45) is 0. The Labute approximate surface area is 190 Å². The number of fused-ring (bicyclic) bond motifs is 1. The fourth-order valence-corrected chi connectivity index (χ4v) is 5.34. The fourth-order valence-electron chi connectivity index (χ4n) is 3.53. The van der Waals surface area contributed by atoms with Crippen molar-refractivity contribution in [3.63, 3.8) is 0 Å². The van der Waals surface area contributed by atoms with Gasteiger partial charge in [0.05, 0.1) is 5.69 Å². The van der Waals surface area contributed by atoms with Crippen LogP contribution in [0.25, 0.3) is 0 Å². The van der Waals surface area contributed by atoms with E-state index < -0.39 is 10.1 Å². The van der Waals surface area contributed by atoms with Crippen molar-refractivity contribution in [2.45, 2.75) is 56.5 Å². The number of thioether (sulfide) groups is 1. The highest BCUT2D eigenvalue weighted by molar-refractivity contribution is 8.00. The molecule has 0 radical (unpaired) electrons. The van der Waals surface area contributed by atoms with Gasteiger partial charge in [-0.1, -0.05) is 0 Å². The van der Waals surface area contributed by atoms with E-state index in [1.807, 2.05) is 6.92 Å². The second-order valence-corrected chi connectivity index (χ2v) is 10.7. The van der Waals surface area contributed by atoms with Gasteiger partial charge in [-0.2, -0.15) is 8.42 Å². The number of rotatable bonds is 9. The van der Waals surface area contributed by atoms with Gasteiger partial charge in [0.25, 0.3) is 0 Å². The highest BCUT2D eigenvalue weighted by atomic mass is 32.2. The molecular formula is C23H31N3O3S2. The minimum Gasteiger partial charge on any atom is -0.384 e. The van der Waals surface area contributed by atoms with Gasteiger partial charge in [0.2, 0.25) is 0 Å². The van der Waals surface area contributed by atoms with Crippen LogP contribution < -0.4 is 9.50 Å². The summed E-state index contributed by atoms with van der Waals surface area (Å²) in [6.45, 7) is 12.4. The number of hydrogen-bond donors (Lipinski definition) is 1. The SMILES string of the molecule is CC1=Nc2ccc(OS(=O)(=O)c3ccc(NCCN(C(C)C)C(C)C)cc3)cc2SC1. The summed E-state index contributed by atoms with van der Waals surface area (Å²) < 4.78 is 30.8. The summed E-state index contributed by atoms with van der Waals surface area (Å²) in [6, 6.07) is 12.8. The van der Waals surface area contributed by atoms with Crippen LogP contribution in [0.1, 0.15) is 34.6 Å². The molecule has 2 aromatic carbocycles. The molecule has 0 aromatic heterocycles. The van der Waals surface area contributed by atoms with Crippen molar-refractivity contribution < 1.29 is 12.6 Å². The van der Waals surface area contributed by atoms with Gasteiger partial charge < -0.3 is 9.50 Å². The lowest BCUT2D eigenvalue weighted by molar-refractivity contribution is 0.182. The maximum absolute atomic E-state index is 12.7. The Morgan fingerprint density at radius 1 is 1.10 bits per heavy atom. The topological polar surface area (TPSA) is 71.0 Å². The van der Waals surface area contributed by atoms with Gasteiger partial charge >= 0.3 is 10.1 Å². The average Bonchev–Trinajstić information content (AvgIpc) is 2.71. The lowest BCUT2D eigenvalue weighted by Crippen LogP contribution is -2.40. The Morgan fingerprint density at radius 3 is 2.42 bits per heavy atom. The molecule has 0 amide bonds. The van der Waals surface area contributed by atoms with E-state index in [1.165, 1.54) is 0 Å². The number of nitrogens with one attached hydrogen (secondary N) is 1. The van der Waals surface area contributed by atoms with Crippen LogP contribution in [-0.2, 0) is 10.1 Å². The van der Waals surface area contributed by atoms with Crippen molar-refractivity contribution in [3.8, 4) is 5.75 Å². The molecule has 31 heavy (non-hydrogen) atoms. The summed E-state index contributed by atoms with van der Waals surface area (Å²) in [4.78, 5) is 7.95. The minimum absolute atomic E-state index is 0.128. The molecule has 0 fully saturated rings. The Bertz CT molecular complexity index is 1020. The fraction of sp³-hybridized carbons (Fsp3) is 0.435. The molecule has 0 unspecified atom stereocenters. The lowest BCUT2D eigenvalue weighted by atomic mass is 10.2. The third-order valence-corrected chi connectivity index (χ3v) is 7.52. The van der Waals surface area contributed by atoms with Crippen LogP contribution in [-0.4, -0.2) is 50.0 Å². The van der Waals surface area contributed by atoms with Crippen LogP contribution in [0.15, 0.2) is 57.2 Å². The van der Waals surface area contributed by atoms with Gasteiger partial charge in [0.15, 0.2) is 0 Å². The van der Waals surface area contributed by atoms with Crippen LogP contribution in [0.5, 0.6) is 5.75 Å². The zero-order valence-electron chi connectivity index (χ0n) is 18.8. The van der Waals surface area contributed by atoms with Gasteiger partial charge in [-0.25, -0.2) is 0 Å². The van der Waals surface area contributed by atoms with Crippen molar-refractivity contribution >= 4 is 39.0 Å². The van der Waals surface area contributed by atoms with Gasteiger partial charge in [-0.3, -0.25) is 9.89 Å². The van der Waals surface area contributed by atoms with Crippen molar-refractivity contribution in [2.75, 3.05) is 24.2 Å². The van der Waals surface area contributed by atoms with Gasteiger partial charge in [-0.15, -0.1) is 11.8 Å². The molecule has 3 rings (SSSR count). The van der Waals surface area contributed by atoms with E-state index in [0.29, 0.717) is 17.8 Å². The number of nitrogens with zero attached hydrogens (tertiary/aromatic N) is 2. The second kappa shape index (κ2) is 10.1. The smallest absolute Gasteiger partial charge is 0.339 e. The Balaban J connectivity index is 1.62. The van der Waals surface area contributed by atoms with Crippen molar-refractivity contribution in [1.82, 2.24) is 4.90 Å². The molecule has 0 aliphatic carbocycles. The van der Waals surface area contributed by atoms with E-state index >= 15 is 0 Å². The maximum Gasteiger partial charge on any atom is 0.339 e. The van der Waals surface area contributed by atoms with E-state index in [-0.39, 0.29) is 4.90 Å². The molecule has 0 bridgehead atoms. The Morgan fingerprint density at radius 2 is 1.77 bits per heavy atom. The normalized spacial score (nSPS) is 14.0. The predicted octanol–water partition coefficient (Wildman–Crippen LogP) is 5.18. The van der Waals surface area contributed by atoms with Crippen LogP contribution in [0, 0.1) is 0 Å². The maximum atomic E-state index is 12.7. The molecule has 1 aliphatic rings. The summed E-state index contributed by atoms with van der Waals surface area (Å²) in [5.74, 6) is 1.09. The predicted molar refractivity (Wildman–Crippen MR) is 130 cm³/mol. The van der Waals surface area contributed by atoms with E-state index in [4.69, 9.17) is 4.18 Å². The zero-order chi connectivity index (χ0) is 22.6. The van der Waals surface area contributed by atoms with E-state index in [0.717, 1.165) is 40.8 Å². The Kier molecular flexibility index (Phi) is 7.67. The molecule has 1 aliphatic heterocycles. The molecule has 168 valence electrons. The molecular weight excluding hydrogens is 430 g/mol. The second-order valence-electron chi connectivity index (χ2n) is 8.18. The van der Waals surface area contributed by atoms with Crippen LogP contribution in [0.3, 0.4) is 0 Å². The van der Waals surface area contributed by atoms with Crippen LogP contribution in [0.2, 0.25) is 0 Å². The molecule has 1 heterocycles. The van der Waals surface area contributed by atoms with Crippen molar-refractivity contribution in [3.05, 3.63) is 42.5 Å². The van der Waals surface area contributed by atoms with Crippen LogP contribution in [0.4, 0.5) is 11.4 Å². The third-order valence-electron chi connectivity index (χ3n) is 5.05. The molecule has 8 heteroatoms. The summed E-state index contributed by atoms with van der Waals surface area (Å²) in [5.41, 5.74) is 2.78. The highest BCUT2D eigenvalue weighted by Crippen LogP contribution is 2.37. The average molecular weight is 462 g/mol. The monoisotopic (exact) mass is 461 g/mol. The summed E-state index contributed by atoms with van der Waals surface area (Å²) >= 11 is 1.63. The molecule has 2 aromatic rings. The molecule has 1 N–H and O–H groups in total. The first-order valence-corrected chi connectivity index (χ1v) is 12.9. The first-order valence-electron chi connectivity index (χ1n) is 10.5. The van der Waals surface area contributed by atoms with E-state index in [1.54, 1.807) is 54.2 Å². The number of benzene rings is 2. The summed E-state index contributed by atoms with van der Waals surface area (Å²) in [5, 5.41) is 3.36. The first kappa shape index (κ1) is 23.6. The molecule has 0 spiro atoms. The molecule has 6 nitrogen and oxygen atoms in total. The number of anilines is 1. The van der Waals surface area contributed by atoms with Gasteiger partial charge in [0.1, 0.15) is 10.6 Å². The van der Waals surface area contributed by atoms with Gasteiger partial charge in [0, 0.05) is 47.2 Å². The Hall–Kier alpha value is -2.03. The van der Waals surface area contributed by atoms with E-state index in [2.05, 4.69) is 42.9 Å². The van der Waals surface area contributed by atoms with Crippen molar-refractivity contribution in [2.24, 2.45) is 4.99 Å². The number of aliphatic imine (C=N–C) groups is 1. The standard InChI is InChI=1S/C23H31N3O3S2/c1-16(2)26(17(3)4)13-12-24-19-6-9-21(10-7-19)31(27,28)29-20-8-11-22-23(14-20)30-15-18(5)25-22/h6-11,14,16-17,24H,12-13,15H2,1-5H3. The molecule has 0 saturated carbocycles. The first-order chi connectivity index (χ1) is 14.7. The molecule has 0 atom stereocenters. The van der Waals surface area contributed by atoms with E-state index in [9.17, 15) is 8.42 Å². The zero-order valence-corrected chi connectivity index (χ0v) is 20.4. The highest BCUT2D eigenvalue weighted by Gasteiger charge is 2.19. The minimum atomic E-state index is -3.90.